The Morgan fingerprint density at radius 1 is 1.11 bits per heavy atom. The molecule has 35 heavy (non-hydrogen) atoms. The van der Waals surface area contributed by atoms with Gasteiger partial charge in [0.1, 0.15) is 0 Å². The molecule has 0 bridgehead atoms. The second-order valence-corrected chi connectivity index (χ2v) is 11.0. The van der Waals surface area contributed by atoms with Crippen LogP contribution in [0.4, 0.5) is 0 Å². The number of likely N-dealkylation sites (tertiary alicyclic amines) is 1. The largest absolute Gasteiger partial charge is 0.490 e. The molecule has 2 aliphatic heterocycles. The molecule has 0 unspecified atom stereocenters. The van der Waals surface area contributed by atoms with Crippen molar-refractivity contribution in [1.29, 1.82) is 0 Å². The molecule has 0 aliphatic carbocycles. The Morgan fingerprint density at radius 2 is 1.89 bits per heavy atom. The van der Waals surface area contributed by atoms with E-state index in [4.69, 9.17) is 9.47 Å². The van der Waals surface area contributed by atoms with Crippen molar-refractivity contribution in [1.82, 2.24) is 9.80 Å². The molecule has 1 amide bonds. The molecule has 2 aliphatic rings. The number of carbonyl (C=O) groups excluding carboxylic acids is 1. The Labute approximate surface area is 211 Å². The fourth-order valence-electron chi connectivity index (χ4n) is 5.42. The third-order valence-corrected chi connectivity index (χ3v) is 7.06. The minimum absolute atomic E-state index is 0.0569. The average molecular weight is 479 g/mol. The van der Waals surface area contributed by atoms with E-state index >= 15 is 0 Å². The molecular formula is C30H42N2O3. The van der Waals surface area contributed by atoms with Gasteiger partial charge in [0.05, 0.1) is 19.1 Å². The zero-order valence-electron chi connectivity index (χ0n) is 22.2. The van der Waals surface area contributed by atoms with Crippen LogP contribution in [0.2, 0.25) is 0 Å². The minimum Gasteiger partial charge on any atom is -0.490 e. The standard InChI is InChI=1S/C30H42N2O3/c1-21(2)17-32(18-24-15-23(5)29-28(16-24)34-13-8-14-35-29)30(33)26-11-12-31(20-26)19-25-9-6-7-10-27(25)22(3)4/h6-7,9-10,15-16,21-22,26H,8,11-14,17-20H2,1-5H3/t26-/m1/s1. The summed E-state index contributed by atoms with van der Waals surface area (Å²) in [4.78, 5) is 18.3. The van der Waals surface area contributed by atoms with E-state index in [1.807, 2.05) is 0 Å². The molecule has 0 saturated carbocycles. The van der Waals surface area contributed by atoms with Gasteiger partial charge in [-0.2, -0.15) is 0 Å². The lowest BCUT2D eigenvalue weighted by Gasteiger charge is -2.28. The molecule has 0 radical (unpaired) electrons. The summed E-state index contributed by atoms with van der Waals surface area (Å²) < 4.78 is 11.9. The van der Waals surface area contributed by atoms with E-state index in [-0.39, 0.29) is 11.8 Å². The lowest BCUT2D eigenvalue weighted by atomic mass is 9.97. The fraction of sp³-hybridized carbons (Fsp3) is 0.567. The molecule has 0 spiro atoms. The highest BCUT2D eigenvalue weighted by atomic mass is 16.5. The van der Waals surface area contributed by atoms with Crippen molar-refractivity contribution >= 4 is 5.91 Å². The predicted molar refractivity (Wildman–Crippen MR) is 141 cm³/mol. The van der Waals surface area contributed by atoms with Crippen LogP contribution in [0.1, 0.15) is 68.7 Å². The summed E-state index contributed by atoms with van der Waals surface area (Å²) in [5.74, 6) is 2.92. The Kier molecular flexibility index (Phi) is 8.38. The lowest BCUT2D eigenvalue weighted by Crippen LogP contribution is -2.39. The molecule has 1 saturated heterocycles. The van der Waals surface area contributed by atoms with E-state index in [1.165, 1.54) is 11.1 Å². The molecule has 0 aromatic heterocycles. The normalized spacial score (nSPS) is 18.2. The molecule has 5 heteroatoms. The van der Waals surface area contributed by atoms with Gasteiger partial charge in [-0.1, -0.05) is 58.0 Å². The van der Waals surface area contributed by atoms with Crippen LogP contribution in [0.3, 0.4) is 0 Å². The van der Waals surface area contributed by atoms with Gasteiger partial charge in [0.25, 0.3) is 0 Å². The van der Waals surface area contributed by atoms with Crippen LogP contribution in [0.5, 0.6) is 11.5 Å². The first-order valence-electron chi connectivity index (χ1n) is 13.3. The zero-order valence-corrected chi connectivity index (χ0v) is 22.2. The van der Waals surface area contributed by atoms with Crippen LogP contribution >= 0.6 is 0 Å². The Bertz CT molecular complexity index is 1020. The smallest absolute Gasteiger partial charge is 0.227 e. The van der Waals surface area contributed by atoms with E-state index in [1.54, 1.807) is 0 Å². The maximum Gasteiger partial charge on any atom is 0.227 e. The topological polar surface area (TPSA) is 42.0 Å². The summed E-state index contributed by atoms with van der Waals surface area (Å²) in [6, 6.07) is 12.9. The van der Waals surface area contributed by atoms with Gasteiger partial charge in [-0.3, -0.25) is 9.69 Å². The number of aryl methyl sites for hydroxylation is 1. The number of nitrogens with zero attached hydrogens (tertiary/aromatic N) is 2. The highest BCUT2D eigenvalue weighted by Crippen LogP contribution is 2.35. The van der Waals surface area contributed by atoms with Crippen LogP contribution in [0.15, 0.2) is 36.4 Å². The summed E-state index contributed by atoms with van der Waals surface area (Å²) >= 11 is 0. The lowest BCUT2D eigenvalue weighted by molar-refractivity contribution is -0.136. The number of benzene rings is 2. The molecule has 1 atom stereocenters. The molecule has 2 heterocycles. The second kappa shape index (κ2) is 11.5. The van der Waals surface area contributed by atoms with E-state index in [0.717, 1.165) is 61.6 Å². The van der Waals surface area contributed by atoms with Crippen LogP contribution in [0.25, 0.3) is 0 Å². The quantitative estimate of drug-likeness (QED) is 0.482. The number of fused-ring (bicyclic) bond motifs is 1. The summed E-state index contributed by atoms with van der Waals surface area (Å²) in [5.41, 5.74) is 4.99. The van der Waals surface area contributed by atoms with E-state index < -0.39 is 0 Å². The minimum atomic E-state index is 0.0569. The summed E-state index contributed by atoms with van der Waals surface area (Å²) in [6.45, 7) is 16.4. The Morgan fingerprint density at radius 3 is 2.66 bits per heavy atom. The van der Waals surface area contributed by atoms with Crippen LogP contribution < -0.4 is 9.47 Å². The van der Waals surface area contributed by atoms with Crippen LogP contribution in [-0.4, -0.2) is 48.6 Å². The molecule has 0 N–H and O–H groups in total. The first kappa shape index (κ1) is 25.6. The SMILES string of the molecule is Cc1cc(CN(CC(C)C)C(=O)[C@@H]2CCN(Cc3ccccc3C(C)C)C2)cc2c1OCCCO2. The fourth-order valence-corrected chi connectivity index (χ4v) is 5.42. The summed E-state index contributed by atoms with van der Waals surface area (Å²) in [5, 5.41) is 0. The summed E-state index contributed by atoms with van der Waals surface area (Å²) in [6.07, 6.45) is 1.82. The second-order valence-electron chi connectivity index (χ2n) is 11.0. The molecule has 2 aromatic carbocycles. The van der Waals surface area contributed by atoms with Gasteiger partial charge in [-0.15, -0.1) is 0 Å². The highest BCUT2D eigenvalue weighted by molar-refractivity contribution is 5.79. The molecule has 4 rings (SSSR count). The summed E-state index contributed by atoms with van der Waals surface area (Å²) in [7, 11) is 0. The van der Waals surface area contributed by atoms with Crippen molar-refractivity contribution in [2.45, 2.75) is 66.5 Å². The molecule has 5 nitrogen and oxygen atoms in total. The molecular weight excluding hydrogens is 436 g/mol. The third kappa shape index (κ3) is 6.38. The van der Waals surface area contributed by atoms with Crippen LogP contribution in [-0.2, 0) is 17.9 Å². The molecule has 2 aromatic rings. The highest BCUT2D eigenvalue weighted by Gasteiger charge is 2.32. The average Bonchev–Trinajstić information content (AvgIpc) is 3.14. The van der Waals surface area contributed by atoms with Crippen molar-refractivity contribution in [3.8, 4) is 11.5 Å². The van der Waals surface area contributed by atoms with Gasteiger partial charge in [-0.05, 0) is 60.0 Å². The molecule has 190 valence electrons. The van der Waals surface area contributed by atoms with Crippen LogP contribution in [0, 0.1) is 18.8 Å². The van der Waals surface area contributed by atoms with Gasteiger partial charge in [0.2, 0.25) is 5.91 Å². The number of hydrogen-bond acceptors (Lipinski definition) is 4. The van der Waals surface area contributed by atoms with Gasteiger partial charge >= 0.3 is 0 Å². The van der Waals surface area contributed by atoms with Crippen molar-refractivity contribution in [2.75, 3.05) is 32.8 Å². The van der Waals surface area contributed by atoms with Crippen molar-refractivity contribution in [2.24, 2.45) is 11.8 Å². The first-order chi connectivity index (χ1) is 16.8. The van der Waals surface area contributed by atoms with Gasteiger partial charge < -0.3 is 14.4 Å². The zero-order chi connectivity index (χ0) is 24.9. The number of rotatable bonds is 8. The van der Waals surface area contributed by atoms with Gasteiger partial charge in [-0.25, -0.2) is 0 Å². The van der Waals surface area contributed by atoms with E-state index in [0.29, 0.717) is 31.6 Å². The molecule has 1 fully saturated rings. The Hall–Kier alpha value is -2.53. The van der Waals surface area contributed by atoms with Crippen molar-refractivity contribution < 1.29 is 14.3 Å². The Balaban J connectivity index is 1.45. The van der Waals surface area contributed by atoms with E-state index in [2.05, 4.69) is 80.8 Å². The number of amides is 1. The van der Waals surface area contributed by atoms with Gasteiger partial charge in [0.15, 0.2) is 11.5 Å². The monoisotopic (exact) mass is 478 g/mol. The van der Waals surface area contributed by atoms with Gasteiger partial charge in [0, 0.05) is 32.6 Å². The maximum absolute atomic E-state index is 13.7. The number of ether oxygens (including phenoxy) is 2. The van der Waals surface area contributed by atoms with Crippen molar-refractivity contribution in [3.05, 3.63) is 58.7 Å². The van der Waals surface area contributed by atoms with Crippen molar-refractivity contribution in [3.63, 3.8) is 0 Å². The first-order valence-corrected chi connectivity index (χ1v) is 13.3. The third-order valence-electron chi connectivity index (χ3n) is 7.06. The predicted octanol–water partition coefficient (Wildman–Crippen LogP) is 5.79. The number of hydrogen-bond donors (Lipinski definition) is 0. The maximum atomic E-state index is 13.7. The number of carbonyl (C=O) groups is 1. The van der Waals surface area contributed by atoms with E-state index in [9.17, 15) is 4.79 Å².